The number of hydrogen-bond donors (Lipinski definition) is 0. The molecule has 0 radical (unpaired) electrons. The summed E-state index contributed by atoms with van der Waals surface area (Å²) in [4.78, 5) is 17.3. The number of amides is 1. The van der Waals surface area contributed by atoms with E-state index in [1.165, 1.54) is 11.8 Å². The summed E-state index contributed by atoms with van der Waals surface area (Å²) in [7, 11) is 0. The highest BCUT2D eigenvalue weighted by atomic mass is 19.4. The predicted octanol–water partition coefficient (Wildman–Crippen LogP) is 4.59. The maximum Gasteiger partial charge on any atom is 0.410 e. The van der Waals surface area contributed by atoms with Crippen molar-refractivity contribution in [3.63, 3.8) is 0 Å². The molecule has 29 heavy (non-hydrogen) atoms. The molecular formula is C18H24F5N3O3. The van der Waals surface area contributed by atoms with Crippen molar-refractivity contribution in [2.75, 3.05) is 13.1 Å². The minimum Gasteiger partial charge on any atom is -0.444 e. The Morgan fingerprint density at radius 1 is 1.14 bits per heavy atom. The highest BCUT2D eigenvalue weighted by Crippen LogP contribution is 2.54. The third kappa shape index (κ3) is 4.05. The Morgan fingerprint density at radius 2 is 1.69 bits per heavy atom. The number of piperidine rings is 1. The Kier molecular flexibility index (Phi) is 4.90. The van der Waals surface area contributed by atoms with Crippen molar-refractivity contribution in [1.29, 1.82) is 0 Å². The van der Waals surface area contributed by atoms with Crippen LogP contribution < -0.4 is 0 Å². The fraction of sp³-hybridized carbons (Fsp3) is 0.833. The largest absolute Gasteiger partial charge is 0.444 e. The van der Waals surface area contributed by atoms with Crippen LogP contribution in [-0.2, 0) is 15.6 Å². The van der Waals surface area contributed by atoms with Gasteiger partial charge in [-0.05, 0) is 33.6 Å². The molecule has 2 heterocycles. The van der Waals surface area contributed by atoms with Crippen LogP contribution in [0.2, 0.25) is 0 Å². The normalized spacial score (nSPS) is 23.4. The lowest BCUT2D eigenvalue weighted by Crippen LogP contribution is -2.53. The first-order valence-corrected chi connectivity index (χ1v) is 9.34. The molecule has 164 valence electrons. The van der Waals surface area contributed by atoms with Crippen LogP contribution in [0.15, 0.2) is 4.52 Å². The number of carbonyl (C=O) groups is 1. The van der Waals surface area contributed by atoms with Crippen molar-refractivity contribution < 1.29 is 36.0 Å². The quantitative estimate of drug-likeness (QED) is 0.649. The van der Waals surface area contributed by atoms with Crippen LogP contribution >= 0.6 is 0 Å². The van der Waals surface area contributed by atoms with E-state index in [1.54, 1.807) is 20.8 Å². The zero-order chi connectivity index (χ0) is 21.9. The second-order valence-electron chi connectivity index (χ2n) is 9.24. The molecule has 1 amide bonds. The van der Waals surface area contributed by atoms with Gasteiger partial charge >= 0.3 is 12.3 Å². The molecule has 1 aromatic rings. The number of carbonyl (C=O) groups excluding carboxylic acids is 1. The fourth-order valence-electron chi connectivity index (χ4n) is 3.94. The summed E-state index contributed by atoms with van der Waals surface area (Å²) in [5.74, 6) is -3.67. The van der Waals surface area contributed by atoms with Gasteiger partial charge in [-0.3, -0.25) is 0 Å². The third-order valence-corrected chi connectivity index (χ3v) is 5.48. The van der Waals surface area contributed by atoms with E-state index in [0.29, 0.717) is 0 Å². The van der Waals surface area contributed by atoms with Gasteiger partial charge in [0, 0.05) is 25.9 Å². The van der Waals surface area contributed by atoms with Gasteiger partial charge in [0.05, 0.1) is 5.41 Å². The van der Waals surface area contributed by atoms with Crippen LogP contribution in [0.3, 0.4) is 0 Å². The molecule has 1 aromatic heterocycles. The smallest absolute Gasteiger partial charge is 0.410 e. The minimum absolute atomic E-state index is 0.201. The Hall–Kier alpha value is -1.94. The summed E-state index contributed by atoms with van der Waals surface area (Å²) < 4.78 is 78.8. The average molecular weight is 425 g/mol. The van der Waals surface area contributed by atoms with E-state index in [1.807, 2.05) is 0 Å². The fourth-order valence-corrected chi connectivity index (χ4v) is 3.94. The van der Waals surface area contributed by atoms with E-state index in [-0.39, 0.29) is 19.0 Å². The molecule has 1 aliphatic heterocycles. The monoisotopic (exact) mass is 425 g/mol. The summed E-state index contributed by atoms with van der Waals surface area (Å²) in [6, 6.07) is 0. The van der Waals surface area contributed by atoms with Gasteiger partial charge in [-0.2, -0.15) is 18.2 Å². The number of hydrogen-bond acceptors (Lipinski definition) is 5. The number of ether oxygens (including phenoxy) is 1. The van der Waals surface area contributed by atoms with Gasteiger partial charge in [0.2, 0.25) is 11.8 Å². The molecule has 11 heteroatoms. The lowest BCUT2D eigenvalue weighted by atomic mass is 9.67. The number of rotatable bonds is 2. The first kappa shape index (κ1) is 21.8. The second-order valence-corrected chi connectivity index (χ2v) is 9.24. The first-order valence-electron chi connectivity index (χ1n) is 9.34. The molecule has 1 saturated heterocycles. The van der Waals surface area contributed by atoms with Gasteiger partial charge < -0.3 is 14.2 Å². The Labute approximate surface area is 164 Å². The number of aromatic nitrogens is 2. The second kappa shape index (κ2) is 6.53. The van der Waals surface area contributed by atoms with Gasteiger partial charge in [0.1, 0.15) is 11.0 Å². The highest BCUT2D eigenvalue weighted by molar-refractivity contribution is 5.68. The number of nitrogens with zero attached hydrogens (tertiary/aromatic N) is 3. The molecule has 3 rings (SSSR count). The molecular weight excluding hydrogens is 401 g/mol. The molecule has 0 N–H and O–H groups in total. The van der Waals surface area contributed by atoms with Crippen molar-refractivity contribution in [2.24, 2.45) is 0 Å². The summed E-state index contributed by atoms with van der Waals surface area (Å²) in [6.45, 7) is 6.06. The van der Waals surface area contributed by atoms with Crippen molar-refractivity contribution in [2.45, 2.75) is 81.9 Å². The van der Waals surface area contributed by atoms with E-state index in [0.717, 1.165) is 0 Å². The zero-order valence-corrected chi connectivity index (χ0v) is 16.7. The molecule has 0 aromatic carbocycles. The van der Waals surface area contributed by atoms with Gasteiger partial charge in [-0.15, -0.1) is 0 Å². The highest BCUT2D eigenvalue weighted by Gasteiger charge is 2.62. The van der Waals surface area contributed by atoms with E-state index in [4.69, 9.17) is 9.26 Å². The van der Waals surface area contributed by atoms with E-state index < -0.39 is 66.1 Å². The van der Waals surface area contributed by atoms with E-state index in [2.05, 4.69) is 10.1 Å². The molecule has 1 saturated carbocycles. The van der Waals surface area contributed by atoms with Crippen LogP contribution in [-0.4, -0.2) is 51.9 Å². The first-order chi connectivity index (χ1) is 13.1. The third-order valence-electron chi connectivity index (χ3n) is 5.48. The molecule has 2 aliphatic rings. The maximum atomic E-state index is 14.0. The molecule has 0 bridgehead atoms. The molecule has 1 aliphatic carbocycles. The molecule has 0 unspecified atom stereocenters. The van der Waals surface area contributed by atoms with Gasteiger partial charge in [-0.1, -0.05) is 12.1 Å². The van der Waals surface area contributed by atoms with Crippen molar-refractivity contribution in [1.82, 2.24) is 15.0 Å². The van der Waals surface area contributed by atoms with Gasteiger partial charge in [0.15, 0.2) is 5.82 Å². The SMILES string of the molecule is CC(C)(C)OC(=O)N1CCC(c2noc(C3(C)CC(F)(F)C3)n2)(C(F)(F)F)CC1. The predicted molar refractivity (Wildman–Crippen MR) is 90.6 cm³/mol. The van der Waals surface area contributed by atoms with Crippen LogP contribution in [0.5, 0.6) is 0 Å². The number of alkyl halides is 5. The maximum absolute atomic E-state index is 14.0. The van der Waals surface area contributed by atoms with E-state index in [9.17, 15) is 26.7 Å². The Bertz CT molecular complexity index is 768. The lowest BCUT2D eigenvalue weighted by molar-refractivity contribution is -0.205. The molecule has 2 fully saturated rings. The van der Waals surface area contributed by atoms with Crippen LogP contribution in [0, 0.1) is 0 Å². The van der Waals surface area contributed by atoms with Crippen molar-refractivity contribution in [3.05, 3.63) is 11.7 Å². The van der Waals surface area contributed by atoms with Gasteiger partial charge in [0.25, 0.3) is 0 Å². The standard InChI is InChI=1S/C18H24F5N3O3/c1-14(2,3)28-13(27)26-7-5-16(6-8-26,18(21,22)23)11-24-12(29-25-11)15(4)9-17(19,20)10-15/h5-10H2,1-4H3. The summed E-state index contributed by atoms with van der Waals surface area (Å²) in [5, 5.41) is 3.52. The zero-order valence-electron chi connectivity index (χ0n) is 16.7. The summed E-state index contributed by atoms with van der Waals surface area (Å²) >= 11 is 0. The summed E-state index contributed by atoms with van der Waals surface area (Å²) in [6.07, 6.45) is -7.42. The van der Waals surface area contributed by atoms with Crippen LogP contribution in [0.1, 0.15) is 65.1 Å². The van der Waals surface area contributed by atoms with E-state index >= 15 is 0 Å². The topological polar surface area (TPSA) is 68.5 Å². The molecule has 0 atom stereocenters. The Balaban J connectivity index is 1.80. The minimum atomic E-state index is -4.70. The number of halogens is 5. The summed E-state index contributed by atoms with van der Waals surface area (Å²) in [5.41, 5.74) is -4.31. The lowest BCUT2D eigenvalue weighted by Gasteiger charge is -2.42. The number of likely N-dealkylation sites (tertiary alicyclic amines) is 1. The molecule has 6 nitrogen and oxygen atoms in total. The molecule has 0 spiro atoms. The van der Waals surface area contributed by atoms with Gasteiger partial charge in [-0.25, -0.2) is 13.6 Å². The van der Waals surface area contributed by atoms with Crippen LogP contribution in [0.25, 0.3) is 0 Å². The van der Waals surface area contributed by atoms with Crippen molar-refractivity contribution >= 4 is 6.09 Å². The van der Waals surface area contributed by atoms with Crippen LogP contribution in [0.4, 0.5) is 26.7 Å². The Morgan fingerprint density at radius 3 is 2.14 bits per heavy atom. The van der Waals surface area contributed by atoms with Crippen molar-refractivity contribution in [3.8, 4) is 0 Å². The average Bonchev–Trinajstić information content (AvgIpc) is 3.01.